The fraction of sp³-hybridized carbons (Fsp3) is 0.800. The number of rotatable bonds is 0. The van der Waals surface area contributed by atoms with Gasteiger partial charge in [-0.3, -0.25) is 0 Å². The van der Waals surface area contributed by atoms with E-state index in [4.69, 9.17) is 0 Å². The van der Waals surface area contributed by atoms with Crippen LogP contribution < -0.4 is 0 Å². The lowest BCUT2D eigenvalue weighted by molar-refractivity contribution is 1.50. The van der Waals surface area contributed by atoms with Gasteiger partial charge in [-0.05, 0) is 13.8 Å². The van der Waals surface area contributed by atoms with Crippen LogP contribution in [0.2, 0.25) is 0 Å². The molecule has 0 aromatic carbocycles. The lowest BCUT2D eigenvalue weighted by Crippen LogP contribution is -1.26. The summed E-state index contributed by atoms with van der Waals surface area (Å²) in [6.07, 6.45) is 4.00. The largest absolute Gasteiger partial charge is 0.0919 e. The van der Waals surface area contributed by atoms with Crippen LogP contribution in [0.15, 0.2) is 12.2 Å². The van der Waals surface area contributed by atoms with Crippen molar-refractivity contribution in [2.75, 3.05) is 0 Å². The predicted molar refractivity (Wildman–Crippen MR) is 54.5 cm³/mol. The number of hydrogen-bond acceptors (Lipinski definition) is 0. The van der Waals surface area contributed by atoms with Crippen molar-refractivity contribution in [3.63, 3.8) is 0 Å². The van der Waals surface area contributed by atoms with Gasteiger partial charge in [0, 0.05) is 0 Å². The molecule has 0 unspecified atom stereocenters. The maximum atomic E-state index is 2.00. The van der Waals surface area contributed by atoms with E-state index in [1.165, 1.54) is 0 Å². The van der Waals surface area contributed by atoms with Gasteiger partial charge in [-0.25, -0.2) is 0 Å². The van der Waals surface area contributed by atoms with Crippen LogP contribution in [-0.2, 0) is 0 Å². The standard InChI is InChI=1S/C4H8.3C2H6/c1-3-4-2;3*1-2/h3-4H,1-2H3;3*1-2H3/b4-3-;;;. The molecule has 0 aromatic heterocycles. The minimum atomic E-state index is 2.00. The molecule has 10 heavy (non-hydrogen) atoms. The number of allylic oxidation sites excluding steroid dienone is 2. The van der Waals surface area contributed by atoms with E-state index in [9.17, 15) is 0 Å². The molecule has 0 heterocycles. The van der Waals surface area contributed by atoms with Crippen molar-refractivity contribution in [3.05, 3.63) is 12.2 Å². The second-order valence-corrected chi connectivity index (χ2v) is 0.667. The SMILES string of the molecule is C/C=C\C.CC.CC.CC. The first-order valence-corrected chi connectivity index (χ1v) is 4.49. The second-order valence-electron chi connectivity index (χ2n) is 0.667. The zero-order valence-electron chi connectivity index (χ0n) is 9.15. The van der Waals surface area contributed by atoms with E-state index in [0.717, 1.165) is 0 Å². The van der Waals surface area contributed by atoms with E-state index in [0.29, 0.717) is 0 Å². The third kappa shape index (κ3) is 642. The Labute approximate surface area is 68.4 Å². The summed E-state index contributed by atoms with van der Waals surface area (Å²) in [7, 11) is 0. The van der Waals surface area contributed by atoms with Crippen LogP contribution in [0, 0.1) is 0 Å². The summed E-state index contributed by atoms with van der Waals surface area (Å²) >= 11 is 0. The Kier molecular flexibility index (Phi) is 391. The quantitative estimate of drug-likeness (QED) is 0.436. The summed E-state index contributed by atoms with van der Waals surface area (Å²) in [6.45, 7) is 16.0. The topological polar surface area (TPSA) is 0 Å². The van der Waals surface area contributed by atoms with Crippen LogP contribution in [0.3, 0.4) is 0 Å². The van der Waals surface area contributed by atoms with Crippen molar-refractivity contribution >= 4 is 0 Å². The molecule has 66 valence electrons. The van der Waals surface area contributed by atoms with Gasteiger partial charge in [-0.2, -0.15) is 0 Å². The summed E-state index contributed by atoms with van der Waals surface area (Å²) < 4.78 is 0. The Bertz CT molecular complexity index is 15.2. The fourth-order valence-corrected chi connectivity index (χ4v) is 0. The van der Waals surface area contributed by atoms with E-state index < -0.39 is 0 Å². The Morgan fingerprint density at radius 1 is 0.500 bits per heavy atom. The molecular formula is C10H26. The summed E-state index contributed by atoms with van der Waals surface area (Å²) in [5, 5.41) is 0. The molecule has 0 heteroatoms. The molecule has 0 bridgehead atoms. The van der Waals surface area contributed by atoms with Crippen molar-refractivity contribution in [3.8, 4) is 0 Å². The van der Waals surface area contributed by atoms with E-state index in [2.05, 4.69) is 0 Å². The molecule has 0 saturated carbocycles. The monoisotopic (exact) mass is 146 g/mol. The molecule has 0 fully saturated rings. The van der Waals surface area contributed by atoms with Crippen LogP contribution in [0.25, 0.3) is 0 Å². The van der Waals surface area contributed by atoms with Gasteiger partial charge in [0.05, 0.1) is 0 Å². The van der Waals surface area contributed by atoms with E-state index in [1.54, 1.807) is 0 Å². The van der Waals surface area contributed by atoms with E-state index >= 15 is 0 Å². The second kappa shape index (κ2) is 173. The van der Waals surface area contributed by atoms with Crippen LogP contribution >= 0.6 is 0 Å². The maximum Gasteiger partial charge on any atom is -0.0470 e. The predicted octanol–water partition coefficient (Wildman–Crippen LogP) is 4.66. The van der Waals surface area contributed by atoms with Crippen molar-refractivity contribution in [1.29, 1.82) is 0 Å². The molecule has 0 radical (unpaired) electrons. The summed E-state index contributed by atoms with van der Waals surface area (Å²) in [6, 6.07) is 0. The normalized spacial score (nSPS) is 5.60. The van der Waals surface area contributed by atoms with Gasteiger partial charge >= 0.3 is 0 Å². The summed E-state index contributed by atoms with van der Waals surface area (Å²) in [4.78, 5) is 0. The van der Waals surface area contributed by atoms with Gasteiger partial charge in [-0.15, -0.1) is 0 Å². The van der Waals surface area contributed by atoms with Gasteiger partial charge in [0.2, 0.25) is 0 Å². The molecular weight excluding hydrogens is 120 g/mol. The lowest BCUT2D eigenvalue weighted by atomic mass is 10.6. The Morgan fingerprint density at radius 3 is 0.600 bits per heavy atom. The van der Waals surface area contributed by atoms with Gasteiger partial charge in [0.25, 0.3) is 0 Å². The third-order valence-corrected chi connectivity index (χ3v) is 0.333. The summed E-state index contributed by atoms with van der Waals surface area (Å²) in [5.41, 5.74) is 0. The molecule has 0 rings (SSSR count). The van der Waals surface area contributed by atoms with E-state index in [1.807, 2.05) is 67.5 Å². The van der Waals surface area contributed by atoms with Gasteiger partial charge in [-0.1, -0.05) is 53.7 Å². The average molecular weight is 146 g/mol. The highest BCUT2D eigenvalue weighted by Crippen LogP contribution is 1.57. The highest BCUT2D eigenvalue weighted by molar-refractivity contribution is 4.68. The molecule has 0 N–H and O–H groups in total. The molecule has 0 atom stereocenters. The number of hydrogen-bond donors (Lipinski definition) is 0. The Morgan fingerprint density at radius 2 is 0.600 bits per heavy atom. The lowest BCUT2D eigenvalue weighted by Gasteiger charge is -1.49. The minimum absolute atomic E-state index is 2.00. The fourth-order valence-electron chi connectivity index (χ4n) is 0. The molecule has 0 amide bonds. The first-order valence-electron chi connectivity index (χ1n) is 4.49. The van der Waals surface area contributed by atoms with Crippen molar-refractivity contribution < 1.29 is 0 Å². The maximum absolute atomic E-state index is 2.00. The van der Waals surface area contributed by atoms with Crippen molar-refractivity contribution in [1.82, 2.24) is 0 Å². The molecule has 0 aliphatic heterocycles. The smallest absolute Gasteiger partial charge is 0.0470 e. The van der Waals surface area contributed by atoms with Gasteiger partial charge in [0.1, 0.15) is 0 Å². The van der Waals surface area contributed by atoms with Crippen LogP contribution in [-0.4, -0.2) is 0 Å². The minimum Gasteiger partial charge on any atom is -0.0919 e. The molecule has 0 aromatic rings. The van der Waals surface area contributed by atoms with E-state index in [-0.39, 0.29) is 0 Å². The first kappa shape index (κ1) is 22.6. The molecule has 0 nitrogen and oxygen atoms in total. The van der Waals surface area contributed by atoms with Gasteiger partial charge < -0.3 is 0 Å². The van der Waals surface area contributed by atoms with Crippen molar-refractivity contribution in [2.24, 2.45) is 0 Å². The Balaban J connectivity index is -0.0000000262. The van der Waals surface area contributed by atoms with Crippen LogP contribution in [0.4, 0.5) is 0 Å². The average Bonchev–Trinajstić information content (AvgIpc) is 2.14. The molecule has 0 aliphatic rings. The molecule has 0 aliphatic carbocycles. The zero-order chi connectivity index (χ0) is 9.41. The molecule has 0 saturated heterocycles. The van der Waals surface area contributed by atoms with Gasteiger partial charge in [0.15, 0.2) is 0 Å². The van der Waals surface area contributed by atoms with Crippen LogP contribution in [0.5, 0.6) is 0 Å². The van der Waals surface area contributed by atoms with Crippen LogP contribution in [0.1, 0.15) is 55.4 Å². The summed E-state index contributed by atoms with van der Waals surface area (Å²) in [5.74, 6) is 0. The highest BCUT2D eigenvalue weighted by Gasteiger charge is 1.34. The highest BCUT2D eigenvalue weighted by atomic mass is 13.4. The van der Waals surface area contributed by atoms with Crippen molar-refractivity contribution in [2.45, 2.75) is 55.4 Å². The third-order valence-electron chi connectivity index (χ3n) is 0.333. The first-order chi connectivity index (χ1) is 4.91. The zero-order valence-corrected chi connectivity index (χ0v) is 9.15. The Hall–Kier alpha value is -0.260. The molecule has 0 spiro atoms.